The number of rotatable bonds is 7. The van der Waals surface area contributed by atoms with Crippen molar-refractivity contribution in [2.45, 2.75) is 38.3 Å². The van der Waals surface area contributed by atoms with Gasteiger partial charge in [0.25, 0.3) is 5.91 Å². The molecule has 2 aliphatic rings. The smallest absolute Gasteiger partial charge is 0.253 e. The van der Waals surface area contributed by atoms with Gasteiger partial charge in [0.05, 0.1) is 17.4 Å². The second kappa shape index (κ2) is 11.1. The monoisotopic (exact) mass is 473 g/mol. The predicted molar refractivity (Wildman–Crippen MR) is 126 cm³/mol. The number of halogens is 2. The first-order valence-electron chi connectivity index (χ1n) is 11.5. The van der Waals surface area contributed by atoms with Crippen molar-refractivity contribution in [2.24, 2.45) is 5.92 Å². The molecule has 0 saturated carbocycles. The van der Waals surface area contributed by atoms with Gasteiger partial charge in [0.15, 0.2) is 0 Å². The van der Waals surface area contributed by atoms with E-state index in [1.54, 1.807) is 36.4 Å². The molecular weight excluding hydrogens is 445 g/mol. The van der Waals surface area contributed by atoms with Crippen LogP contribution in [-0.2, 0) is 16.1 Å². The highest BCUT2D eigenvalue weighted by Gasteiger charge is 2.26. The summed E-state index contributed by atoms with van der Waals surface area (Å²) in [4.78, 5) is 27.7. The molecule has 33 heavy (non-hydrogen) atoms. The van der Waals surface area contributed by atoms with Gasteiger partial charge < -0.3 is 15.4 Å². The summed E-state index contributed by atoms with van der Waals surface area (Å²) in [5, 5.41) is 6.24. The lowest BCUT2D eigenvalue weighted by molar-refractivity contribution is -0.121. The first kappa shape index (κ1) is 23.7. The van der Waals surface area contributed by atoms with E-state index in [0.717, 1.165) is 19.4 Å². The number of anilines is 1. The number of ether oxygens (including phenoxy) is 1. The number of likely N-dealkylation sites (tertiary alicyclic amines) is 1. The van der Waals surface area contributed by atoms with E-state index in [1.807, 2.05) is 0 Å². The van der Waals surface area contributed by atoms with E-state index in [1.165, 1.54) is 6.07 Å². The lowest BCUT2D eigenvalue weighted by Gasteiger charge is -2.31. The van der Waals surface area contributed by atoms with Gasteiger partial charge in [-0.05, 0) is 63.0 Å². The number of carbonyl (C=O) groups excluding carboxylic acids is 2. The van der Waals surface area contributed by atoms with Gasteiger partial charge in [-0.2, -0.15) is 0 Å². The van der Waals surface area contributed by atoms with Crippen molar-refractivity contribution in [3.8, 4) is 0 Å². The second-order valence-electron chi connectivity index (χ2n) is 8.67. The minimum absolute atomic E-state index is 0.0576. The summed E-state index contributed by atoms with van der Waals surface area (Å²) in [6.45, 7) is 3.09. The lowest BCUT2D eigenvalue weighted by atomic mass is 9.95. The van der Waals surface area contributed by atoms with Crippen molar-refractivity contribution in [3.05, 3.63) is 64.4 Å². The van der Waals surface area contributed by atoms with Gasteiger partial charge in [-0.3, -0.25) is 14.5 Å². The lowest BCUT2D eigenvalue weighted by Crippen LogP contribution is -2.38. The topological polar surface area (TPSA) is 70.7 Å². The van der Waals surface area contributed by atoms with Gasteiger partial charge in [-0.15, -0.1) is 0 Å². The van der Waals surface area contributed by atoms with E-state index < -0.39 is 0 Å². The Morgan fingerprint density at radius 1 is 1.12 bits per heavy atom. The predicted octanol–water partition coefficient (Wildman–Crippen LogP) is 4.24. The van der Waals surface area contributed by atoms with Crippen LogP contribution in [0.25, 0.3) is 0 Å². The molecule has 2 N–H and O–H groups in total. The number of carbonyl (C=O) groups is 2. The number of nitrogens with zero attached hydrogens (tertiary/aromatic N) is 1. The molecule has 1 atom stereocenters. The molecular formula is C25H29ClFN3O3. The molecule has 2 aromatic rings. The summed E-state index contributed by atoms with van der Waals surface area (Å²) >= 11 is 5.83. The van der Waals surface area contributed by atoms with E-state index >= 15 is 0 Å². The molecule has 0 aliphatic carbocycles. The number of piperidine rings is 1. The quantitative estimate of drug-likeness (QED) is 0.631. The normalized spacial score (nSPS) is 19.4. The summed E-state index contributed by atoms with van der Waals surface area (Å²) in [7, 11) is 0. The van der Waals surface area contributed by atoms with Crippen molar-refractivity contribution in [3.63, 3.8) is 0 Å². The first-order valence-corrected chi connectivity index (χ1v) is 11.8. The molecule has 4 rings (SSSR count). The molecule has 176 valence electrons. The highest BCUT2D eigenvalue weighted by atomic mass is 35.5. The van der Waals surface area contributed by atoms with Crippen LogP contribution in [0.2, 0.25) is 5.02 Å². The number of hydrogen-bond donors (Lipinski definition) is 2. The van der Waals surface area contributed by atoms with Crippen molar-refractivity contribution >= 4 is 29.1 Å². The van der Waals surface area contributed by atoms with Crippen LogP contribution in [-0.4, -0.2) is 49.1 Å². The Labute approximate surface area is 198 Å². The number of para-hydroxylation sites is 1. The SMILES string of the molecule is O=C(NC[C@H]1CCCO1)c1ccccc1NC(=O)C1CCN(Cc2ccc(Cl)cc2F)CC1. The van der Waals surface area contributed by atoms with Gasteiger partial charge in [0.2, 0.25) is 5.91 Å². The average molecular weight is 474 g/mol. The summed E-state index contributed by atoms with van der Waals surface area (Å²) in [6, 6.07) is 11.8. The number of amides is 2. The van der Waals surface area contributed by atoms with Crippen molar-refractivity contribution in [1.82, 2.24) is 10.2 Å². The van der Waals surface area contributed by atoms with Crippen molar-refractivity contribution in [2.75, 3.05) is 31.6 Å². The standard InChI is InChI=1S/C25H29ClFN3O3/c26-19-8-7-18(22(27)14-19)16-30-11-9-17(10-12-30)24(31)29-23-6-2-1-5-21(23)25(32)28-15-20-4-3-13-33-20/h1-2,5-8,14,17,20H,3-4,9-13,15-16H2,(H,28,32)(H,29,31)/t20-/m1/s1. The summed E-state index contributed by atoms with van der Waals surface area (Å²) in [6.07, 6.45) is 3.37. The van der Waals surface area contributed by atoms with Crippen LogP contribution in [0.5, 0.6) is 0 Å². The Kier molecular flexibility index (Phi) is 7.96. The van der Waals surface area contributed by atoms with E-state index in [9.17, 15) is 14.0 Å². The molecule has 0 bridgehead atoms. The van der Waals surface area contributed by atoms with Gasteiger partial charge in [-0.1, -0.05) is 29.8 Å². The third kappa shape index (κ3) is 6.31. The van der Waals surface area contributed by atoms with Crippen LogP contribution in [0.15, 0.2) is 42.5 Å². The first-order chi connectivity index (χ1) is 16.0. The van der Waals surface area contributed by atoms with Crippen LogP contribution in [0, 0.1) is 11.7 Å². The summed E-state index contributed by atoms with van der Waals surface area (Å²) < 4.78 is 19.6. The van der Waals surface area contributed by atoms with Crippen LogP contribution in [0.1, 0.15) is 41.6 Å². The van der Waals surface area contributed by atoms with Crippen LogP contribution >= 0.6 is 11.6 Å². The molecule has 2 amide bonds. The molecule has 2 fully saturated rings. The molecule has 6 nitrogen and oxygen atoms in total. The zero-order chi connectivity index (χ0) is 23.2. The maximum absolute atomic E-state index is 14.1. The Balaban J connectivity index is 1.29. The van der Waals surface area contributed by atoms with Gasteiger partial charge in [0.1, 0.15) is 5.82 Å². The minimum atomic E-state index is -0.309. The van der Waals surface area contributed by atoms with Gasteiger partial charge >= 0.3 is 0 Å². The summed E-state index contributed by atoms with van der Waals surface area (Å²) in [5.41, 5.74) is 1.56. The van der Waals surface area contributed by atoms with Crippen molar-refractivity contribution in [1.29, 1.82) is 0 Å². The number of benzene rings is 2. The highest BCUT2D eigenvalue weighted by molar-refractivity contribution is 6.30. The molecule has 0 aromatic heterocycles. The molecule has 8 heteroatoms. The van der Waals surface area contributed by atoms with E-state index in [-0.39, 0.29) is 29.7 Å². The van der Waals surface area contributed by atoms with Gasteiger partial charge in [0, 0.05) is 36.2 Å². The number of hydrogen-bond acceptors (Lipinski definition) is 4. The molecule has 0 spiro atoms. The van der Waals surface area contributed by atoms with E-state index in [0.29, 0.717) is 60.9 Å². The molecule has 0 radical (unpaired) electrons. The van der Waals surface area contributed by atoms with Crippen molar-refractivity contribution < 1.29 is 18.7 Å². The zero-order valence-corrected chi connectivity index (χ0v) is 19.2. The molecule has 0 unspecified atom stereocenters. The molecule has 2 aromatic carbocycles. The van der Waals surface area contributed by atoms with Crippen LogP contribution in [0.3, 0.4) is 0 Å². The number of nitrogens with one attached hydrogen (secondary N) is 2. The highest BCUT2D eigenvalue weighted by Crippen LogP contribution is 2.24. The zero-order valence-electron chi connectivity index (χ0n) is 18.5. The third-order valence-electron chi connectivity index (χ3n) is 6.31. The fourth-order valence-electron chi connectivity index (χ4n) is 4.38. The van der Waals surface area contributed by atoms with E-state index in [4.69, 9.17) is 16.3 Å². The van der Waals surface area contributed by atoms with Gasteiger partial charge in [-0.25, -0.2) is 4.39 Å². The maximum Gasteiger partial charge on any atom is 0.253 e. The third-order valence-corrected chi connectivity index (χ3v) is 6.55. The Morgan fingerprint density at radius 3 is 2.64 bits per heavy atom. The average Bonchev–Trinajstić information content (AvgIpc) is 3.34. The summed E-state index contributed by atoms with van der Waals surface area (Å²) in [5.74, 6) is -0.774. The Hall–Kier alpha value is -2.48. The van der Waals surface area contributed by atoms with E-state index in [2.05, 4.69) is 15.5 Å². The van der Waals surface area contributed by atoms with Crippen LogP contribution in [0.4, 0.5) is 10.1 Å². The molecule has 2 heterocycles. The largest absolute Gasteiger partial charge is 0.376 e. The Morgan fingerprint density at radius 2 is 1.91 bits per heavy atom. The fourth-order valence-corrected chi connectivity index (χ4v) is 4.53. The fraction of sp³-hybridized carbons (Fsp3) is 0.440. The molecule has 2 aliphatic heterocycles. The maximum atomic E-state index is 14.1. The van der Waals surface area contributed by atoms with Crippen LogP contribution < -0.4 is 10.6 Å². The molecule has 2 saturated heterocycles. The second-order valence-corrected chi connectivity index (χ2v) is 9.10. The Bertz CT molecular complexity index is 989. The minimum Gasteiger partial charge on any atom is -0.376 e.